The van der Waals surface area contributed by atoms with E-state index in [1.54, 1.807) is 24.3 Å². The number of nitrogens with zero attached hydrogens (tertiary/aromatic N) is 2. The van der Waals surface area contributed by atoms with Gasteiger partial charge in [-0.15, -0.1) is 11.8 Å². The van der Waals surface area contributed by atoms with Crippen molar-refractivity contribution in [3.63, 3.8) is 0 Å². The molecule has 36 heavy (non-hydrogen) atoms. The highest BCUT2D eigenvalue weighted by atomic mass is 35.5. The van der Waals surface area contributed by atoms with Crippen LogP contribution in [0.5, 0.6) is 5.75 Å². The molecule has 0 bridgehead atoms. The predicted octanol–water partition coefficient (Wildman–Crippen LogP) is 4.67. The summed E-state index contributed by atoms with van der Waals surface area (Å²) in [6.45, 7) is 1.31. The van der Waals surface area contributed by atoms with E-state index in [2.05, 4.69) is 5.32 Å². The highest BCUT2D eigenvalue weighted by Crippen LogP contribution is 2.29. The number of nitro benzene ring substituents is 1. The number of nitro groups is 1. The summed E-state index contributed by atoms with van der Waals surface area (Å²) in [5, 5.41) is 14.7. The van der Waals surface area contributed by atoms with Gasteiger partial charge in [0.05, 0.1) is 22.6 Å². The van der Waals surface area contributed by atoms with E-state index in [9.17, 15) is 23.3 Å². The molecule has 0 aliphatic heterocycles. The van der Waals surface area contributed by atoms with E-state index in [1.165, 1.54) is 50.1 Å². The van der Waals surface area contributed by atoms with Gasteiger partial charge >= 0.3 is 0 Å². The molecular formula is C24H24ClN3O6S2. The summed E-state index contributed by atoms with van der Waals surface area (Å²) in [4.78, 5) is 24.2. The van der Waals surface area contributed by atoms with Crippen LogP contribution in [0.3, 0.4) is 0 Å². The number of rotatable bonds is 11. The SMILES string of the molecule is COc1ccc(N(CC(=O)NCCSc2ccc(Cl)cc2)S(=O)(=O)c2ccc(C)c([N+](=O)[O-])c2)cc1. The molecule has 3 aromatic rings. The number of amides is 1. The summed E-state index contributed by atoms with van der Waals surface area (Å²) in [5.74, 6) is 0.547. The molecule has 190 valence electrons. The van der Waals surface area contributed by atoms with Gasteiger partial charge in [-0.2, -0.15) is 0 Å². The van der Waals surface area contributed by atoms with Crippen LogP contribution < -0.4 is 14.4 Å². The maximum atomic E-state index is 13.5. The van der Waals surface area contributed by atoms with E-state index in [0.717, 1.165) is 15.3 Å². The number of sulfonamides is 1. The van der Waals surface area contributed by atoms with Crippen LogP contribution in [0.4, 0.5) is 11.4 Å². The molecule has 3 rings (SSSR count). The van der Waals surface area contributed by atoms with Gasteiger partial charge in [0.15, 0.2) is 0 Å². The normalized spacial score (nSPS) is 11.1. The third kappa shape index (κ3) is 6.90. The number of halogens is 1. The largest absolute Gasteiger partial charge is 0.497 e. The van der Waals surface area contributed by atoms with Crippen molar-refractivity contribution in [3.05, 3.63) is 87.4 Å². The van der Waals surface area contributed by atoms with Crippen LogP contribution in [0.1, 0.15) is 5.56 Å². The fourth-order valence-corrected chi connectivity index (χ4v) is 5.55. The zero-order valence-electron chi connectivity index (χ0n) is 19.5. The molecular weight excluding hydrogens is 526 g/mol. The molecule has 0 unspecified atom stereocenters. The molecule has 0 aromatic heterocycles. The van der Waals surface area contributed by atoms with Gasteiger partial charge in [0, 0.05) is 33.8 Å². The van der Waals surface area contributed by atoms with Crippen molar-refractivity contribution < 1.29 is 22.9 Å². The number of anilines is 1. The number of hydrogen-bond acceptors (Lipinski definition) is 7. The molecule has 0 spiro atoms. The van der Waals surface area contributed by atoms with Crippen molar-refractivity contribution in [3.8, 4) is 5.75 Å². The highest BCUT2D eigenvalue weighted by molar-refractivity contribution is 7.99. The van der Waals surface area contributed by atoms with Gasteiger partial charge in [-0.3, -0.25) is 19.2 Å². The third-order valence-corrected chi connectivity index (χ3v) is 8.16. The zero-order chi connectivity index (χ0) is 26.3. The van der Waals surface area contributed by atoms with Crippen molar-refractivity contribution in [1.82, 2.24) is 5.32 Å². The Morgan fingerprint density at radius 3 is 2.39 bits per heavy atom. The van der Waals surface area contributed by atoms with Crippen LogP contribution >= 0.6 is 23.4 Å². The van der Waals surface area contributed by atoms with Crippen LogP contribution in [0.15, 0.2) is 76.5 Å². The van der Waals surface area contributed by atoms with Crippen LogP contribution in [0, 0.1) is 17.0 Å². The van der Waals surface area contributed by atoms with E-state index < -0.39 is 27.4 Å². The number of aryl methyl sites for hydroxylation is 1. The number of hydrogen-bond donors (Lipinski definition) is 1. The van der Waals surface area contributed by atoms with Gasteiger partial charge in [0.25, 0.3) is 15.7 Å². The first-order valence-corrected chi connectivity index (χ1v) is 13.5. The molecule has 0 heterocycles. The Hall–Kier alpha value is -3.28. The number of thioether (sulfide) groups is 1. The second-order valence-corrected chi connectivity index (χ2v) is 11.0. The lowest BCUT2D eigenvalue weighted by molar-refractivity contribution is -0.385. The molecule has 9 nitrogen and oxygen atoms in total. The van der Waals surface area contributed by atoms with Crippen LogP contribution in [-0.2, 0) is 14.8 Å². The lowest BCUT2D eigenvalue weighted by Gasteiger charge is -2.24. The van der Waals surface area contributed by atoms with Crippen LogP contribution in [0.25, 0.3) is 0 Å². The summed E-state index contributed by atoms with van der Waals surface area (Å²) in [6.07, 6.45) is 0. The Labute approximate surface area is 218 Å². The Morgan fingerprint density at radius 1 is 1.11 bits per heavy atom. The van der Waals surface area contributed by atoms with Crippen molar-refractivity contribution >= 4 is 50.7 Å². The van der Waals surface area contributed by atoms with Gasteiger partial charge in [-0.25, -0.2) is 8.42 Å². The van der Waals surface area contributed by atoms with E-state index in [4.69, 9.17) is 16.3 Å². The molecule has 0 aliphatic rings. The Kier molecular flexibility index (Phi) is 9.19. The average Bonchev–Trinajstić information content (AvgIpc) is 2.86. The minimum atomic E-state index is -4.31. The Morgan fingerprint density at radius 2 is 1.78 bits per heavy atom. The molecule has 1 N–H and O–H groups in total. The monoisotopic (exact) mass is 549 g/mol. The molecule has 0 radical (unpaired) electrons. The topological polar surface area (TPSA) is 119 Å². The van der Waals surface area contributed by atoms with Gasteiger partial charge in [-0.05, 0) is 61.5 Å². The maximum absolute atomic E-state index is 13.5. The van der Waals surface area contributed by atoms with Crippen molar-refractivity contribution in [2.75, 3.05) is 30.3 Å². The lowest BCUT2D eigenvalue weighted by Crippen LogP contribution is -2.41. The van der Waals surface area contributed by atoms with E-state index in [0.29, 0.717) is 28.6 Å². The minimum absolute atomic E-state index is 0.213. The summed E-state index contributed by atoms with van der Waals surface area (Å²) in [6, 6.07) is 17.1. The van der Waals surface area contributed by atoms with Crippen LogP contribution in [-0.4, -0.2) is 45.2 Å². The molecule has 12 heteroatoms. The van der Waals surface area contributed by atoms with E-state index in [1.807, 2.05) is 12.1 Å². The fourth-order valence-electron chi connectivity index (χ4n) is 3.21. The summed E-state index contributed by atoms with van der Waals surface area (Å²) in [5.41, 5.74) is 0.213. The van der Waals surface area contributed by atoms with Crippen molar-refractivity contribution in [1.29, 1.82) is 0 Å². The third-order valence-electron chi connectivity index (χ3n) is 5.12. The van der Waals surface area contributed by atoms with E-state index >= 15 is 0 Å². The summed E-state index contributed by atoms with van der Waals surface area (Å²) >= 11 is 7.40. The first-order valence-electron chi connectivity index (χ1n) is 10.7. The number of methoxy groups -OCH3 is 1. The number of ether oxygens (including phenoxy) is 1. The van der Waals surface area contributed by atoms with Gasteiger partial charge < -0.3 is 10.1 Å². The van der Waals surface area contributed by atoms with Gasteiger partial charge in [0.2, 0.25) is 5.91 Å². The smallest absolute Gasteiger partial charge is 0.273 e. The molecule has 0 aliphatic carbocycles. The molecule has 0 atom stereocenters. The Bertz CT molecular complexity index is 1330. The number of carbonyl (C=O) groups is 1. The van der Waals surface area contributed by atoms with Crippen LogP contribution in [0.2, 0.25) is 5.02 Å². The molecule has 3 aromatic carbocycles. The van der Waals surface area contributed by atoms with E-state index in [-0.39, 0.29) is 16.3 Å². The van der Waals surface area contributed by atoms with Gasteiger partial charge in [0.1, 0.15) is 12.3 Å². The van der Waals surface area contributed by atoms with Gasteiger partial charge in [-0.1, -0.05) is 17.7 Å². The summed E-state index contributed by atoms with van der Waals surface area (Å²) in [7, 11) is -2.83. The maximum Gasteiger partial charge on any atom is 0.273 e. The minimum Gasteiger partial charge on any atom is -0.497 e. The molecule has 0 saturated carbocycles. The second kappa shape index (κ2) is 12.1. The summed E-state index contributed by atoms with van der Waals surface area (Å²) < 4.78 is 33.1. The number of nitrogens with one attached hydrogen (secondary N) is 1. The molecule has 1 amide bonds. The second-order valence-electron chi connectivity index (χ2n) is 7.57. The lowest BCUT2D eigenvalue weighted by atomic mass is 10.2. The molecule has 0 saturated heterocycles. The first kappa shape index (κ1) is 27.3. The van der Waals surface area contributed by atoms with Crippen molar-refractivity contribution in [2.24, 2.45) is 0 Å². The predicted molar refractivity (Wildman–Crippen MR) is 141 cm³/mol. The molecule has 0 fully saturated rings. The quantitative estimate of drug-likeness (QED) is 0.160. The number of benzene rings is 3. The average molecular weight is 550 g/mol. The first-order chi connectivity index (χ1) is 17.1. The zero-order valence-corrected chi connectivity index (χ0v) is 21.9. The number of carbonyl (C=O) groups excluding carboxylic acids is 1. The van der Waals surface area contributed by atoms with Crippen molar-refractivity contribution in [2.45, 2.75) is 16.7 Å². The fraction of sp³-hybridized carbons (Fsp3) is 0.208. The Balaban J connectivity index is 1.79. The highest BCUT2D eigenvalue weighted by Gasteiger charge is 2.29. The standard InChI is InChI=1S/C24H24ClN3O6S2/c1-17-3-12-22(15-23(17)28(30)31)36(32,33)27(19-6-8-20(34-2)9-7-19)16-24(29)26-13-14-35-21-10-4-18(25)5-11-21/h3-12,15H,13-14,16H2,1-2H3,(H,26,29).